The van der Waals surface area contributed by atoms with Crippen LogP contribution in [0, 0.1) is 0 Å². The fraction of sp³-hybridized carbons (Fsp3) is 0.0909. The minimum absolute atomic E-state index is 0.0137. The second kappa shape index (κ2) is 4.52. The first-order chi connectivity index (χ1) is 7.38. The van der Waals surface area contributed by atoms with Crippen LogP contribution >= 0.6 is 0 Å². The van der Waals surface area contributed by atoms with Crippen molar-refractivity contribution in [3.63, 3.8) is 0 Å². The molecule has 0 bridgehead atoms. The third-order valence-electron chi connectivity index (χ3n) is 1.84. The molecule has 0 unspecified atom stereocenters. The van der Waals surface area contributed by atoms with Crippen molar-refractivity contribution in [3.05, 3.63) is 48.4 Å². The summed E-state index contributed by atoms with van der Waals surface area (Å²) in [6, 6.07) is 7.06. The molecular weight excluding hydrogens is 192 g/mol. The first kappa shape index (κ1) is 9.61. The van der Waals surface area contributed by atoms with Crippen LogP contribution in [0.4, 0.5) is 0 Å². The molecule has 0 aromatic carbocycles. The highest BCUT2D eigenvalue weighted by molar-refractivity contribution is 5.24. The second-order valence-corrected chi connectivity index (χ2v) is 2.95. The molecule has 76 valence electrons. The van der Waals surface area contributed by atoms with Crippen molar-refractivity contribution in [2.45, 2.75) is 6.61 Å². The summed E-state index contributed by atoms with van der Waals surface area (Å²) in [7, 11) is 0. The highest BCUT2D eigenvalue weighted by Gasteiger charge is 1.97. The Labute approximate surface area is 87.2 Å². The third-order valence-corrected chi connectivity index (χ3v) is 1.84. The highest BCUT2D eigenvalue weighted by Crippen LogP contribution is 2.17. The molecule has 2 heterocycles. The van der Waals surface area contributed by atoms with E-state index in [0.29, 0.717) is 11.6 Å². The predicted molar refractivity (Wildman–Crippen MR) is 54.5 cm³/mol. The molecule has 0 fully saturated rings. The predicted octanol–water partition coefficient (Wildman–Crippen LogP) is 1.76. The SMILES string of the molecule is OCc1ccc(Oc2cccnc2)nc1. The number of aromatic nitrogens is 2. The summed E-state index contributed by atoms with van der Waals surface area (Å²) in [5.41, 5.74) is 0.758. The van der Waals surface area contributed by atoms with E-state index in [9.17, 15) is 0 Å². The second-order valence-electron chi connectivity index (χ2n) is 2.95. The van der Waals surface area contributed by atoms with Gasteiger partial charge in [0.2, 0.25) is 5.88 Å². The summed E-state index contributed by atoms with van der Waals surface area (Å²) >= 11 is 0. The summed E-state index contributed by atoms with van der Waals surface area (Å²) in [6.07, 6.45) is 4.86. The average molecular weight is 202 g/mol. The molecule has 0 atom stereocenters. The van der Waals surface area contributed by atoms with Gasteiger partial charge in [0, 0.05) is 18.5 Å². The maximum atomic E-state index is 8.83. The molecule has 15 heavy (non-hydrogen) atoms. The van der Waals surface area contributed by atoms with Crippen LogP contribution in [0.2, 0.25) is 0 Å². The van der Waals surface area contributed by atoms with Gasteiger partial charge in [0.1, 0.15) is 5.75 Å². The number of rotatable bonds is 3. The molecule has 0 aliphatic heterocycles. The van der Waals surface area contributed by atoms with E-state index in [-0.39, 0.29) is 6.61 Å². The molecule has 2 rings (SSSR count). The molecule has 0 saturated carbocycles. The summed E-state index contributed by atoms with van der Waals surface area (Å²) < 4.78 is 5.42. The molecular formula is C11H10N2O2. The Kier molecular flexibility index (Phi) is 2.90. The zero-order chi connectivity index (χ0) is 10.5. The van der Waals surface area contributed by atoms with Gasteiger partial charge in [-0.2, -0.15) is 0 Å². The number of aliphatic hydroxyl groups excluding tert-OH is 1. The molecule has 1 N–H and O–H groups in total. The number of pyridine rings is 2. The van der Waals surface area contributed by atoms with Crippen LogP contribution in [-0.4, -0.2) is 15.1 Å². The highest BCUT2D eigenvalue weighted by atomic mass is 16.5. The molecule has 2 aromatic heterocycles. The summed E-state index contributed by atoms with van der Waals surface area (Å²) in [6.45, 7) is -0.0137. The van der Waals surface area contributed by atoms with Gasteiger partial charge in [0.15, 0.2) is 0 Å². The Hall–Kier alpha value is -1.94. The largest absolute Gasteiger partial charge is 0.437 e. The monoisotopic (exact) mass is 202 g/mol. The standard InChI is InChI=1S/C11H10N2O2/c14-8-9-3-4-11(13-6-9)15-10-2-1-5-12-7-10/h1-7,14H,8H2. The maximum Gasteiger partial charge on any atom is 0.219 e. The van der Waals surface area contributed by atoms with Crippen molar-refractivity contribution >= 4 is 0 Å². The van der Waals surface area contributed by atoms with Crippen LogP contribution in [0.1, 0.15) is 5.56 Å². The van der Waals surface area contributed by atoms with Gasteiger partial charge in [-0.15, -0.1) is 0 Å². The lowest BCUT2D eigenvalue weighted by Crippen LogP contribution is -1.90. The summed E-state index contributed by atoms with van der Waals surface area (Å²) in [5, 5.41) is 8.83. The number of aliphatic hydroxyl groups is 1. The van der Waals surface area contributed by atoms with E-state index in [2.05, 4.69) is 9.97 Å². The molecule has 0 amide bonds. The van der Waals surface area contributed by atoms with Gasteiger partial charge in [-0.05, 0) is 23.8 Å². The minimum Gasteiger partial charge on any atom is -0.437 e. The zero-order valence-corrected chi connectivity index (χ0v) is 8.00. The molecule has 0 radical (unpaired) electrons. The quantitative estimate of drug-likeness (QED) is 0.823. The molecule has 0 aliphatic rings. The van der Waals surface area contributed by atoms with Crippen molar-refractivity contribution in [1.29, 1.82) is 0 Å². The fourth-order valence-electron chi connectivity index (χ4n) is 1.09. The first-order valence-electron chi connectivity index (χ1n) is 4.52. The maximum absolute atomic E-state index is 8.83. The topological polar surface area (TPSA) is 55.2 Å². The van der Waals surface area contributed by atoms with E-state index in [1.165, 1.54) is 0 Å². The average Bonchev–Trinajstić information content (AvgIpc) is 2.31. The van der Waals surface area contributed by atoms with Crippen molar-refractivity contribution in [3.8, 4) is 11.6 Å². The van der Waals surface area contributed by atoms with Crippen LogP contribution in [0.15, 0.2) is 42.9 Å². The number of nitrogens with zero attached hydrogens (tertiary/aromatic N) is 2. The van der Waals surface area contributed by atoms with Gasteiger partial charge in [-0.1, -0.05) is 0 Å². The summed E-state index contributed by atoms with van der Waals surface area (Å²) in [4.78, 5) is 7.96. The van der Waals surface area contributed by atoms with Gasteiger partial charge >= 0.3 is 0 Å². The molecule has 4 nitrogen and oxygen atoms in total. The van der Waals surface area contributed by atoms with E-state index in [0.717, 1.165) is 5.56 Å². The smallest absolute Gasteiger partial charge is 0.219 e. The van der Waals surface area contributed by atoms with E-state index in [1.807, 2.05) is 0 Å². The minimum atomic E-state index is -0.0137. The Morgan fingerprint density at radius 3 is 2.73 bits per heavy atom. The molecule has 0 saturated heterocycles. The van der Waals surface area contributed by atoms with Gasteiger partial charge in [0.05, 0.1) is 12.8 Å². The van der Waals surface area contributed by atoms with E-state index >= 15 is 0 Å². The molecule has 0 spiro atoms. The fourth-order valence-corrected chi connectivity index (χ4v) is 1.09. The van der Waals surface area contributed by atoms with Crippen molar-refractivity contribution in [1.82, 2.24) is 9.97 Å². The number of hydrogen-bond donors (Lipinski definition) is 1. The van der Waals surface area contributed by atoms with E-state index < -0.39 is 0 Å². The number of ether oxygens (including phenoxy) is 1. The van der Waals surface area contributed by atoms with Crippen LogP contribution < -0.4 is 4.74 Å². The van der Waals surface area contributed by atoms with Gasteiger partial charge in [-0.25, -0.2) is 4.98 Å². The van der Waals surface area contributed by atoms with Gasteiger partial charge < -0.3 is 9.84 Å². The van der Waals surface area contributed by atoms with Crippen LogP contribution in [0.3, 0.4) is 0 Å². The molecule has 4 heteroatoms. The lowest BCUT2D eigenvalue weighted by atomic mass is 10.3. The van der Waals surface area contributed by atoms with E-state index in [4.69, 9.17) is 9.84 Å². The van der Waals surface area contributed by atoms with Crippen LogP contribution in [-0.2, 0) is 6.61 Å². The number of hydrogen-bond acceptors (Lipinski definition) is 4. The molecule has 0 aliphatic carbocycles. The lowest BCUT2D eigenvalue weighted by molar-refractivity contribution is 0.281. The van der Waals surface area contributed by atoms with Crippen molar-refractivity contribution in [2.24, 2.45) is 0 Å². The van der Waals surface area contributed by atoms with Gasteiger partial charge in [-0.3, -0.25) is 4.98 Å². The zero-order valence-electron chi connectivity index (χ0n) is 8.00. The normalized spacial score (nSPS) is 9.93. The Morgan fingerprint density at radius 1 is 1.20 bits per heavy atom. The van der Waals surface area contributed by atoms with Crippen molar-refractivity contribution < 1.29 is 9.84 Å². The lowest BCUT2D eigenvalue weighted by Gasteiger charge is -2.03. The van der Waals surface area contributed by atoms with Gasteiger partial charge in [0.25, 0.3) is 0 Å². The van der Waals surface area contributed by atoms with E-state index in [1.54, 1.807) is 42.9 Å². The van der Waals surface area contributed by atoms with Crippen LogP contribution in [0.25, 0.3) is 0 Å². The first-order valence-corrected chi connectivity index (χ1v) is 4.52. The summed E-state index contributed by atoms with van der Waals surface area (Å²) in [5.74, 6) is 1.13. The Balaban J connectivity index is 2.11. The van der Waals surface area contributed by atoms with Crippen molar-refractivity contribution in [2.75, 3.05) is 0 Å². The van der Waals surface area contributed by atoms with Crippen LogP contribution in [0.5, 0.6) is 11.6 Å². The molecule has 2 aromatic rings. The third kappa shape index (κ3) is 2.51. The Bertz CT molecular complexity index is 414. The Morgan fingerprint density at radius 2 is 2.13 bits per heavy atom.